The molecular formula is C26H28BrNO6. The van der Waals surface area contributed by atoms with Crippen molar-refractivity contribution in [1.82, 2.24) is 4.90 Å². The molecule has 180 valence electrons. The lowest BCUT2D eigenvalue weighted by atomic mass is 9.83. The third kappa shape index (κ3) is 5.80. The van der Waals surface area contributed by atoms with Gasteiger partial charge in [0.15, 0.2) is 11.5 Å². The molecule has 0 aromatic heterocycles. The highest BCUT2D eigenvalue weighted by atomic mass is 79.9. The summed E-state index contributed by atoms with van der Waals surface area (Å²) in [5, 5.41) is 0. The number of carbonyl (C=O) groups is 2. The molecule has 0 unspecified atom stereocenters. The Morgan fingerprint density at radius 2 is 1.41 bits per heavy atom. The highest BCUT2D eigenvalue weighted by Gasteiger charge is 2.35. The largest absolute Gasteiger partial charge is 0.493 e. The van der Waals surface area contributed by atoms with Gasteiger partial charge in [0.1, 0.15) is 0 Å². The fourth-order valence-electron chi connectivity index (χ4n) is 3.78. The first-order valence-electron chi connectivity index (χ1n) is 10.9. The number of methoxy groups -OCH3 is 2. The Labute approximate surface area is 208 Å². The Balaban J connectivity index is 2.07. The predicted octanol–water partition coefficient (Wildman–Crippen LogP) is 4.96. The monoisotopic (exact) mass is 529 g/mol. The Bertz CT molecular complexity index is 1060. The summed E-state index contributed by atoms with van der Waals surface area (Å²) < 4.78 is 22.3. The summed E-state index contributed by atoms with van der Waals surface area (Å²) in [6.45, 7) is 4.33. The summed E-state index contributed by atoms with van der Waals surface area (Å²) in [5.74, 6) is -0.377. The lowest BCUT2D eigenvalue weighted by Crippen LogP contribution is -2.29. The molecule has 0 spiro atoms. The third-order valence-electron chi connectivity index (χ3n) is 5.27. The van der Waals surface area contributed by atoms with Crippen molar-refractivity contribution in [3.8, 4) is 11.5 Å². The lowest BCUT2D eigenvalue weighted by Gasteiger charge is -2.30. The minimum Gasteiger partial charge on any atom is -0.493 e. The molecule has 0 saturated heterocycles. The number of carbonyl (C=O) groups excluding carboxylic acids is 2. The summed E-state index contributed by atoms with van der Waals surface area (Å²) in [4.78, 5) is 27.8. The average molecular weight is 530 g/mol. The lowest BCUT2D eigenvalue weighted by molar-refractivity contribution is -0.139. The molecular weight excluding hydrogens is 502 g/mol. The Kier molecular flexibility index (Phi) is 8.76. The van der Waals surface area contributed by atoms with Crippen LogP contribution in [0.2, 0.25) is 0 Å². The van der Waals surface area contributed by atoms with Crippen molar-refractivity contribution < 1.29 is 28.5 Å². The number of nitrogens with zero attached hydrogens (tertiary/aromatic N) is 1. The molecule has 34 heavy (non-hydrogen) atoms. The average Bonchev–Trinajstić information content (AvgIpc) is 2.84. The zero-order valence-electron chi connectivity index (χ0n) is 19.7. The van der Waals surface area contributed by atoms with Gasteiger partial charge in [-0.3, -0.25) is 0 Å². The van der Waals surface area contributed by atoms with E-state index in [2.05, 4.69) is 15.9 Å². The number of halogens is 1. The topological polar surface area (TPSA) is 74.3 Å². The van der Waals surface area contributed by atoms with Crippen LogP contribution in [0.25, 0.3) is 0 Å². The first-order valence-corrected chi connectivity index (χ1v) is 11.7. The van der Waals surface area contributed by atoms with Crippen molar-refractivity contribution >= 4 is 27.9 Å². The molecule has 0 amide bonds. The molecule has 1 aliphatic rings. The van der Waals surface area contributed by atoms with Crippen LogP contribution in [0.4, 0.5) is 0 Å². The molecule has 0 radical (unpaired) electrons. The van der Waals surface area contributed by atoms with E-state index in [9.17, 15) is 9.59 Å². The Morgan fingerprint density at radius 3 is 1.91 bits per heavy atom. The Hall–Kier alpha value is -3.26. The maximum Gasteiger partial charge on any atom is 0.336 e. The second-order valence-corrected chi connectivity index (χ2v) is 8.37. The van der Waals surface area contributed by atoms with Gasteiger partial charge in [0.2, 0.25) is 0 Å². The minimum absolute atomic E-state index is 0.220. The highest BCUT2D eigenvalue weighted by Crippen LogP contribution is 2.38. The van der Waals surface area contributed by atoms with Crippen LogP contribution in [0.3, 0.4) is 0 Å². The van der Waals surface area contributed by atoms with Crippen LogP contribution in [0.1, 0.15) is 30.9 Å². The summed E-state index contributed by atoms with van der Waals surface area (Å²) in [6.07, 6.45) is 3.45. The van der Waals surface area contributed by atoms with Crippen LogP contribution in [0.5, 0.6) is 11.5 Å². The molecule has 0 atom stereocenters. The molecule has 1 aliphatic heterocycles. The van der Waals surface area contributed by atoms with Crippen molar-refractivity contribution in [1.29, 1.82) is 0 Å². The van der Waals surface area contributed by atoms with Crippen LogP contribution < -0.4 is 9.47 Å². The zero-order valence-corrected chi connectivity index (χ0v) is 21.3. The van der Waals surface area contributed by atoms with E-state index in [1.165, 1.54) is 0 Å². The molecule has 0 saturated carbocycles. The number of rotatable bonds is 9. The van der Waals surface area contributed by atoms with E-state index in [1.54, 1.807) is 45.4 Å². The number of esters is 2. The van der Waals surface area contributed by atoms with Crippen LogP contribution >= 0.6 is 15.9 Å². The number of ether oxygens (including phenoxy) is 4. The van der Waals surface area contributed by atoms with E-state index in [1.807, 2.05) is 42.5 Å². The van der Waals surface area contributed by atoms with Crippen molar-refractivity contribution in [2.75, 3.05) is 27.4 Å². The van der Waals surface area contributed by atoms with Gasteiger partial charge in [-0.15, -0.1) is 0 Å². The number of hydrogen-bond donors (Lipinski definition) is 0. The van der Waals surface area contributed by atoms with E-state index >= 15 is 0 Å². The van der Waals surface area contributed by atoms with Crippen molar-refractivity contribution in [2.24, 2.45) is 0 Å². The summed E-state index contributed by atoms with van der Waals surface area (Å²) >= 11 is 3.44. The zero-order chi connectivity index (χ0) is 24.7. The van der Waals surface area contributed by atoms with Gasteiger partial charge in [-0.2, -0.15) is 0 Å². The van der Waals surface area contributed by atoms with Crippen LogP contribution in [0.15, 0.2) is 70.5 Å². The quantitative estimate of drug-likeness (QED) is 0.425. The molecule has 2 aromatic rings. The fourth-order valence-corrected chi connectivity index (χ4v) is 4.04. The van der Waals surface area contributed by atoms with E-state index < -0.39 is 17.9 Å². The van der Waals surface area contributed by atoms with Gasteiger partial charge in [0.25, 0.3) is 0 Å². The van der Waals surface area contributed by atoms with Gasteiger partial charge >= 0.3 is 11.9 Å². The van der Waals surface area contributed by atoms with Crippen LogP contribution in [-0.4, -0.2) is 44.3 Å². The van der Waals surface area contributed by atoms with Gasteiger partial charge in [-0.25, -0.2) is 9.59 Å². The van der Waals surface area contributed by atoms with Gasteiger partial charge in [-0.1, -0.05) is 34.1 Å². The van der Waals surface area contributed by atoms with Crippen LogP contribution in [0, 0.1) is 0 Å². The number of benzene rings is 2. The fraction of sp³-hybridized carbons (Fsp3) is 0.308. The number of hydrogen-bond acceptors (Lipinski definition) is 7. The van der Waals surface area contributed by atoms with E-state index in [-0.39, 0.29) is 13.2 Å². The minimum atomic E-state index is -0.618. The molecule has 0 fully saturated rings. The van der Waals surface area contributed by atoms with Gasteiger partial charge in [0, 0.05) is 23.4 Å². The first-order chi connectivity index (χ1) is 16.4. The molecule has 1 heterocycles. The third-order valence-corrected chi connectivity index (χ3v) is 5.80. The van der Waals surface area contributed by atoms with Gasteiger partial charge in [0.05, 0.1) is 44.5 Å². The smallest absolute Gasteiger partial charge is 0.336 e. The van der Waals surface area contributed by atoms with Gasteiger partial charge in [-0.05, 0) is 49.2 Å². The SMILES string of the molecule is CCOC(=O)C1=CN(Cc2ccc(OC)c(OC)c2)C=C(C(=O)OCC)C1c1ccc(Br)cc1. The summed E-state index contributed by atoms with van der Waals surface area (Å²) in [7, 11) is 3.15. The molecule has 0 bridgehead atoms. The molecule has 2 aromatic carbocycles. The highest BCUT2D eigenvalue weighted by molar-refractivity contribution is 9.10. The van der Waals surface area contributed by atoms with Crippen molar-refractivity contribution in [3.05, 3.63) is 81.6 Å². The summed E-state index contributed by atoms with van der Waals surface area (Å²) in [6, 6.07) is 13.1. The van der Waals surface area contributed by atoms with Gasteiger partial charge < -0.3 is 23.8 Å². The van der Waals surface area contributed by atoms with Crippen LogP contribution in [-0.2, 0) is 25.6 Å². The van der Waals surface area contributed by atoms with E-state index in [0.717, 1.165) is 15.6 Å². The molecule has 8 heteroatoms. The second kappa shape index (κ2) is 11.7. The predicted molar refractivity (Wildman–Crippen MR) is 131 cm³/mol. The maximum absolute atomic E-state index is 13.0. The Morgan fingerprint density at radius 1 is 0.853 bits per heavy atom. The molecule has 0 aliphatic carbocycles. The van der Waals surface area contributed by atoms with Crippen molar-refractivity contribution in [2.45, 2.75) is 26.3 Å². The molecule has 0 N–H and O–H groups in total. The standard InChI is InChI=1S/C26H28BrNO6/c1-5-33-25(29)20-15-28(14-17-7-12-22(31-3)23(13-17)32-4)16-21(26(30)34-6-2)24(20)18-8-10-19(27)11-9-18/h7-13,15-16,24H,5-6,14H2,1-4H3. The molecule has 7 nitrogen and oxygen atoms in total. The van der Waals surface area contributed by atoms with E-state index in [0.29, 0.717) is 29.2 Å². The maximum atomic E-state index is 13.0. The van der Waals surface area contributed by atoms with E-state index in [4.69, 9.17) is 18.9 Å². The normalized spacial score (nSPS) is 13.6. The van der Waals surface area contributed by atoms with Crippen molar-refractivity contribution in [3.63, 3.8) is 0 Å². The first kappa shape index (κ1) is 25.4. The second-order valence-electron chi connectivity index (χ2n) is 7.46. The molecule has 3 rings (SSSR count). The summed E-state index contributed by atoms with van der Waals surface area (Å²) in [5.41, 5.74) is 2.40.